The van der Waals surface area contributed by atoms with Crippen LogP contribution < -0.4 is 5.56 Å². The average Bonchev–Trinajstić information content (AvgIpc) is 2.85. The number of nitrogens with zero attached hydrogens (tertiary/aromatic N) is 3. The van der Waals surface area contributed by atoms with Crippen LogP contribution in [-0.4, -0.2) is 52.4 Å². The largest absolute Gasteiger partial charge is 0.383 e. The molecule has 0 aliphatic carbocycles. The van der Waals surface area contributed by atoms with Crippen molar-refractivity contribution in [3.8, 4) is 0 Å². The molecule has 1 fully saturated rings. The Bertz CT molecular complexity index is 1170. The van der Waals surface area contributed by atoms with Gasteiger partial charge in [-0.1, -0.05) is 54.2 Å². The molecule has 1 aliphatic rings. The maximum atomic E-state index is 13.3. The summed E-state index contributed by atoms with van der Waals surface area (Å²) in [6.45, 7) is 5.80. The molecule has 0 spiro atoms. The second-order valence-corrected chi connectivity index (χ2v) is 10.4. The number of ether oxygens (including phenoxy) is 1. The summed E-state index contributed by atoms with van der Waals surface area (Å²) in [4.78, 5) is 33.3. The molecule has 1 amide bonds. The number of likely N-dealkylation sites (tertiary alicyclic amines) is 1. The van der Waals surface area contributed by atoms with Gasteiger partial charge in [0.05, 0.1) is 28.8 Å². The van der Waals surface area contributed by atoms with E-state index in [-0.39, 0.29) is 22.8 Å². The van der Waals surface area contributed by atoms with E-state index in [1.165, 1.54) is 17.3 Å². The molecule has 2 heterocycles. The van der Waals surface area contributed by atoms with Crippen LogP contribution in [-0.2, 0) is 16.0 Å². The van der Waals surface area contributed by atoms with Crippen LogP contribution in [0.5, 0.6) is 0 Å². The van der Waals surface area contributed by atoms with Gasteiger partial charge >= 0.3 is 0 Å². The Morgan fingerprint density at radius 2 is 1.76 bits per heavy atom. The molecule has 3 aromatic rings. The number of piperidine rings is 1. The minimum Gasteiger partial charge on any atom is -0.383 e. The molecule has 1 aromatic heterocycles. The maximum absolute atomic E-state index is 13.3. The number of benzene rings is 2. The van der Waals surface area contributed by atoms with Gasteiger partial charge < -0.3 is 9.64 Å². The number of rotatable bonds is 8. The summed E-state index contributed by atoms with van der Waals surface area (Å²) in [5.41, 5.74) is 1.91. The van der Waals surface area contributed by atoms with Crippen LogP contribution in [0.3, 0.4) is 0 Å². The minimum absolute atomic E-state index is 0.0981. The fraction of sp³-hybridized carbons (Fsp3) is 0.444. The van der Waals surface area contributed by atoms with Crippen LogP contribution in [0.2, 0.25) is 0 Å². The van der Waals surface area contributed by atoms with E-state index in [0.29, 0.717) is 28.6 Å². The van der Waals surface area contributed by atoms with Gasteiger partial charge in [-0.2, -0.15) is 0 Å². The van der Waals surface area contributed by atoms with Gasteiger partial charge in [0.25, 0.3) is 5.56 Å². The molecule has 0 unspecified atom stereocenters. The Balaban J connectivity index is 1.46. The fourth-order valence-electron chi connectivity index (χ4n) is 4.68. The highest BCUT2D eigenvalue weighted by molar-refractivity contribution is 8.00. The molecule has 34 heavy (non-hydrogen) atoms. The average molecular weight is 480 g/mol. The molecule has 1 aliphatic heterocycles. The molecule has 2 aromatic carbocycles. The number of methoxy groups -OCH3 is 1. The monoisotopic (exact) mass is 479 g/mol. The topological polar surface area (TPSA) is 64.4 Å². The number of para-hydroxylation sites is 1. The Hall–Kier alpha value is -2.64. The highest BCUT2D eigenvalue weighted by Crippen LogP contribution is 2.28. The van der Waals surface area contributed by atoms with Crippen molar-refractivity contribution < 1.29 is 9.53 Å². The van der Waals surface area contributed by atoms with Crippen molar-refractivity contribution in [1.29, 1.82) is 0 Å². The van der Waals surface area contributed by atoms with Crippen molar-refractivity contribution in [3.63, 3.8) is 0 Å². The Kier molecular flexibility index (Phi) is 8.06. The Labute approximate surface area is 205 Å². The smallest absolute Gasteiger partial charge is 0.262 e. The summed E-state index contributed by atoms with van der Waals surface area (Å²) in [5.74, 6) is 0.716. The van der Waals surface area contributed by atoms with Crippen molar-refractivity contribution >= 4 is 28.6 Å². The lowest BCUT2D eigenvalue weighted by Gasteiger charge is -2.33. The van der Waals surface area contributed by atoms with E-state index >= 15 is 0 Å². The molecule has 0 N–H and O–H groups in total. The van der Waals surface area contributed by atoms with E-state index in [0.717, 1.165) is 32.4 Å². The summed E-state index contributed by atoms with van der Waals surface area (Å²) in [6, 6.07) is 17.7. The molecule has 7 heteroatoms. The van der Waals surface area contributed by atoms with Crippen LogP contribution in [0.25, 0.3) is 10.9 Å². The van der Waals surface area contributed by atoms with Crippen molar-refractivity contribution in [2.24, 2.45) is 5.92 Å². The van der Waals surface area contributed by atoms with Gasteiger partial charge in [-0.05, 0) is 56.7 Å². The zero-order valence-electron chi connectivity index (χ0n) is 20.1. The lowest BCUT2D eigenvalue weighted by molar-refractivity contribution is -0.131. The SMILES string of the molecule is COC[C@@H](C)n1c(S[C@H](C)C(=O)N2CCC(Cc3ccccc3)CC2)nc2ccccc2c1=O. The van der Waals surface area contributed by atoms with E-state index in [2.05, 4.69) is 24.3 Å². The van der Waals surface area contributed by atoms with Crippen LogP contribution in [0.4, 0.5) is 0 Å². The normalized spacial score (nSPS) is 16.5. The third kappa shape index (κ3) is 5.53. The van der Waals surface area contributed by atoms with Gasteiger partial charge in [0.2, 0.25) is 5.91 Å². The third-order valence-corrected chi connectivity index (χ3v) is 7.60. The van der Waals surface area contributed by atoms with Crippen LogP contribution in [0, 0.1) is 5.92 Å². The Morgan fingerprint density at radius 3 is 2.47 bits per heavy atom. The molecule has 0 radical (unpaired) electrons. The molecule has 1 saturated heterocycles. The lowest BCUT2D eigenvalue weighted by atomic mass is 9.90. The minimum atomic E-state index is -0.334. The second-order valence-electron chi connectivity index (χ2n) is 9.11. The van der Waals surface area contributed by atoms with Crippen LogP contribution in [0.15, 0.2) is 64.5 Å². The number of hydrogen-bond acceptors (Lipinski definition) is 5. The zero-order chi connectivity index (χ0) is 24.1. The highest BCUT2D eigenvalue weighted by Gasteiger charge is 2.28. The summed E-state index contributed by atoms with van der Waals surface area (Å²) >= 11 is 1.36. The highest BCUT2D eigenvalue weighted by atomic mass is 32.2. The molecule has 180 valence electrons. The Morgan fingerprint density at radius 1 is 1.09 bits per heavy atom. The fourth-order valence-corrected chi connectivity index (χ4v) is 5.78. The quantitative estimate of drug-likeness (QED) is 0.350. The number of aromatic nitrogens is 2. The number of thioether (sulfide) groups is 1. The first-order chi connectivity index (χ1) is 16.5. The number of carbonyl (C=O) groups excluding carboxylic acids is 1. The second kappa shape index (κ2) is 11.2. The van der Waals surface area contributed by atoms with Gasteiger partial charge in [-0.25, -0.2) is 4.98 Å². The van der Waals surface area contributed by atoms with Crippen LogP contribution >= 0.6 is 11.8 Å². The molecule has 0 saturated carbocycles. The maximum Gasteiger partial charge on any atom is 0.262 e. The lowest BCUT2D eigenvalue weighted by Crippen LogP contribution is -2.42. The first-order valence-corrected chi connectivity index (χ1v) is 12.9. The van der Waals surface area contributed by atoms with Gasteiger partial charge in [0, 0.05) is 20.2 Å². The van der Waals surface area contributed by atoms with E-state index < -0.39 is 0 Å². The van der Waals surface area contributed by atoms with E-state index in [4.69, 9.17) is 9.72 Å². The van der Waals surface area contributed by atoms with Gasteiger partial charge in [0.15, 0.2) is 5.16 Å². The van der Waals surface area contributed by atoms with E-state index in [1.807, 2.05) is 43.0 Å². The summed E-state index contributed by atoms with van der Waals surface area (Å²) < 4.78 is 6.98. The number of carbonyl (C=O) groups is 1. The van der Waals surface area contributed by atoms with Crippen molar-refractivity contribution in [1.82, 2.24) is 14.5 Å². The predicted octanol–water partition coefficient (Wildman–Crippen LogP) is 4.57. The number of hydrogen-bond donors (Lipinski definition) is 0. The van der Waals surface area contributed by atoms with Gasteiger partial charge in [-0.3, -0.25) is 14.2 Å². The van der Waals surface area contributed by atoms with E-state index in [1.54, 1.807) is 17.7 Å². The number of fused-ring (bicyclic) bond motifs is 1. The summed E-state index contributed by atoms with van der Waals surface area (Å²) in [7, 11) is 1.62. The molecular weight excluding hydrogens is 446 g/mol. The van der Waals surface area contributed by atoms with Crippen molar-refractivity contribution in [3.05, 3.63) is 70.5 Å². The first kappa shape index (κ1) is 24.5. The van der Waals surface area contributed by atoms with Gasteiger partial charge in [0.1, 0.15) is 0 Å². The number of amides is 1. The summed E-state index contributed by atoms with van der Waals surface area (Å²) in [6.07, 6.45) is 3.10. The van der Waals surface area contributed by atoms with Crippen molar-refractivity contribution in [2.45, 2.75) is 49.6 Å². The summed E-state index contributed by atoms with van der Waals surface area (Å²) in [5, 5.41) is 0.807. The molecule has 0 bridgehead atoms. The van der Waals surface area contributed by atoms with Gasteiger partial charge in [-0.15, -0.1) is 0 Å². The first-order valence-electron chi connectivity index (χ1n) is 12.0. The molecule has 2 atom stereocenters. The third-order valence-electron chi connectivity index (χ3n) is 6.55. The molecule has 4 rings (SSSR count). The molecule has 6 nitrogen and oxygen atoms in total. The van der Waals surface area contributed by atoms with Crippen LogP contribution in [0.1, 0.15) is 38.3 Å². The zero-order valence-corrected chi connectivity index (χ0v) is 21.0. The molecular formula is C27H33N3O3S. The van der Waals surface area contributed by atoms with Crippen molar-refractivity contribution in [2.75, 3.05) is 26.8 Å². The standard InChI is InChI=1S/C27H33N3O3S/c1-19(18-33-3)30-26(32)23-11-7-8-12-24(23)28-27(30)34-20(2)25(31)29-15-13-22(14-16-29)17-21-9-5-4-6-10-21/h4-12,19-20,22H,13-18H2,1-3H3/t19-,20-/m1/s1. The predicted molar refractivity (Wildman–Crippen MR) is 137 cm³/mol. The van der Waals surface area contributed by atoms with E-state index in [9.17, 15) is 9.59 Å².